The number of rotatable bonds is 4. The molecule has 0 unspecified atom stereocenters. The van der Waals surface area contributed by atoms with E-state index in [-0.39, 0.29) is 5.82 Å². The molecule has 1 N–H and O–H groups in total. The second-order valence-electron chi connectivity index (χ2n) is 7.17. The lowest BCUT2D eigenvalue weighted by Crippen LogP contribution is -2.45. The Balaban J connectivity index is 1.43. The first kappa shape index (κ1) is 14.1. The van der Waals surface area contributed by atoms with Gasteiger partial charge in [-0.05, 0) is 54.7 Å². The molecule has 0 saturated heterocycles. The van der Waals surface area contributed by atoms with Crippen molar-refractivity contribution >= 4 is 0 Å². The third-order valence-corrected chi connectivity index (χ3v) is 5.36. The third-order valence-electron chi connectivity index (χ3n) is 5.36. The van der Waals surface area contributed by atoms with Crippen LogP contribution in [0.3, 0.4) is 0 Å². The van der Waals surface area contributed by atoms with E-state index in [4.69, 9.17) is 0 Å². The molecule has 110 valence electrons. The highest BCUT2D eigenvalue weighted by Crippen LogP contribution is 2.39. The molecule has 20 heavy (non-hydrogen) atoms. The Bertz CT molecular complexity index is 427. The zero-order valence-electron chi connectivity index (χ0n) is 12.5. The van der Waals surface area contributed by atoms with E-state index in [1.165, 1.54) is 57.1 Å². The number of nitrogens with one attached hydrogen (secondary N) is 1. The van der Waals surface area contributed by atoms with Crippen molar-refractivity contribution in [3.63, 3.8) is 0 Å². The van der Waals surface area contributed by atoms with Gasteiger partial charge in [-0.2, -0.15) is 0 Å². The van der Waals surface area contributed by atoms with Gasteiger partial charge in [0.05, 0.1) is 0 Å². The van der Waals surface area contributed by atoms with Crippen LogP contribution in [0.25, 0.3) is 0 Å². The van der Waals surface area contributed by atoms with Crippen LogP contribution in [0.4, 0.5) is 4.39 Å². The van der Waals surface area contributed by atoms with Crippen LogP contribution in [-0.2, 0) is 0 Å². The first-order valence-electron chi connectivity index (χ1n) is 8.13. The van der Waals surface area contributed by atoms with Crippen LogP contribution in [0.1, 0.15) is 63.4 Å². The molecule has 2 fully saturated rings. The fraction of sp³-hybridized carbons (Fsp3) is 0.667. The van der Waals surface area contributed by atoms with Gasteiger partial charge in [0.2, 0.25) is 0 Å². The van der Waals surface area contributed by atoms with Crippen molar-refractivity contribution in [3.05, 3.63) is 35.6 Å². The highest BCUT2D eigenvalue weighted by Gasteiger charge is 2.33. The van der Waals surface area contributed by atoms with Crippen LogP contribution in [0.2, 0.25) is 0 Å². The first-order valence-corrected chi connectivity index (χ1v) is 8.13. The molecule has 0 amide bonds. The molecule has 1 aromatic rings. The summed E-state index contributed by atoms with van der Waals surface area (Å²) in [5, 5.41) is 3.77. The Morgan fingerprint density at radius 3 is 2.40 bits per heavy atom. The minimum Gasteiger partial charge on any atom is -0.313 e. The van der Waals surface area contributed by atoms with Crippen molar-refractivity contribution in [3.8, 4) is 0 Å². The molecule has 3 rings (SSSR count). The van der Waals surface area contributed by atoms with Crippen molar-refractivity contribution in [2.24, 2.45) is 5.41 Å². The predicted octanol–water partition coefficient (Wildman–Crippen LogP) is 4.63. The van der Waals surface area contributed by atoms with E-state index in [9.17, 15) is 4.39 Å². The third kappa shape index (κ3) is 3.22. The molecule has 0 aromatic heterocycles. The maximum atomic E-state index is 12.9. The fourth-order valence-electron chi connectivity index (χ4n) is 3.76. The zero-order valence-corrected chi connectivity index (χ0v) is 12.5. The smallest absolute Gasteiger partial charge is 0.123 e. The number of halogens is 1. The molecular formula is C18H26FN. The van der Waals surface area contributed by atoms with Crippen molar-refractivity contribution in [2.45, 2.75) is 63.8 Å². The monoisotopic (exact) mass is 275 g/mol. The second kappa shape index (κ2) is 5.85. The van der Waals surface area contributed by atoms with Gasteiger partial charge in [0.15, 0.2) is 0 Å². The van der Waals surface area contributed by atoms with E-state index in [0.29, 0.717) is 17.4 Å². The molecule has 0 heterocycles. The minimum absolute atomic E-state index is 0.132. The molecule has 1 nitrogen and oxygen atoms in total. The first-order chi connectivity index (χ1) is 9.65. The minimum atomic E-state index is -0.132. The molecule has 1 aromatic carbocycles. The summed E-state index contributed by atoms with van der Waals surface area (Å²) in [6.07, 6.45) is 9.42. The van der Waals surface area contributed by atoms with E-state index < -0.39 is 0 Å². The van der Waals surface area contributed by atoms with Gasteiger partial charge in [0.1, 0.15) is 5.82 Å². The highest BCUT2D eigenvalue weighted by atomic mass is 19.1. The van der Waals surface area contributed by atoms with Crippen LogP contribution in [0.15, 0.2) is 24.3 Å². The quantitative estimate of drug-likeness (QED) is 0.844. The van der Waals surface area contributed by atoms with Crippen LogP contribution in [-0.4, -0.2) is 12.6 Å². The summed E-state index contributed by atoms with van der Waals surface area (Å²) in [7, 11) is 0. The summed E-state index contributed by atoms with van der Waals surface area (Å²) >= 11 is 0. The Kier molecular flexibility index (Phi) is 4.11. The van der Waals surface area contributed by atoms with Gasteiger partial charge in [-0.3, -0.25) is 0 Å². The normalized spacial score (nSPS) is 28.9. The summed E-state index contributed by atoms with van der Waals surface area (Å²) in [6.45, 7) is 3.61. The molecule has 0 radical (unpaired) electrons. The van der Waals surface area contributed by atoms with Crippen molar-refractivity contribution < 1.29 is 4.39 Å². The fourth-order valence-corrected chi connectivity index (χ4v) is 3.76. The molecule has 0 spiro atoms. The Morgan fingerprint density at radius 1 is 1.10 bits per heavy atom. The molecule has 0 bridgehead atoms. The maximum absolute atomic E-state index is 12.9. The average molecular weight is 275 g/mol. The lowest BCUT2D eigenvalue weighted by atomic mass is 9.73. The Hall–Kier alpha value is -0.890. The number of hydrogen-bond donors (Lipinski definition) is 1. The predicted molar refractivity (Wildman–Crippen MR) is 81.4 cm³/mol. The second-order valence-corrected chi connectivity index (χ2v) is 7.17. The molecule has 2 aliphatic carbocycles. The lowest BCUT2D eigenvalue weighted by Gasteiger charge is -2.40. The van der Waals surface area contributed by atoms with Crippen molar-refractivity contribution in [1.29, 1.82) is 0 Å². The maximum Gasteiger partial charge on any atom is 0.123 e. The average Bonchev–Trinajstić information content (AvgIpc) is 2.40. The largest absolute Gasteiger partial charge is 0.313 e. The zero-order chi connectivity index (χ0) is 14.0. The van der Waals surface area contributed by atoms with Crippen LogP contribution >= 0.6 is 0 Å². The summed E-state index contributed by atoms with van der Waals surface area (Å²) in [5.41, 5.74) is 1.83. The van der Waals surface area contributed by atoms with Gasteiger partial charge in [-0.15, -0.1) is 0 Å². The Morgan fingerprint density at radius 2 is 1.75 bits per heavy atom. The van der Waals surface area contributed by atoms with E-state index in [1.54, 1.807) is 12.1 Å². The molecular weight excluding hydrogens is 249 g/mol. The topological polar surface area (TPSA) is 12.0 Å². The van der Waals surface area contributed by atoms with Gasteiger partial charge in [0.25, 0.3) is 0 Å². The summed E-state index contributed by atoms with van der Waals surface area (Å²) in [4.78, 5) is 0. The van der Waals surface area contributed by atoms with E-state index in [0.717, 1.165) is 0 Å². The molecule has 2 aliphatic rings. The molecule has 0 aliphatic heterocycles. The standard InChI is InChI=1S/C18H26FN/c1-18(9-3-2-4-10-18)13-20-17-11-15(12-17)14-5-7-16(19)8-6-14/h5-8,15,17,20H,2-4,9-13H2,1H3. The Labute approximate surface area is 122 Å². The summed E-state index contributed by atoms with van der Waals surface area (Å²) in [6, 6.07) is 7.72. The summed E-state index contributed by atoms with van der Waals surface area (Å²) < 4.78 is 12.9. The molecule has 2 saturated carbocycles. The van der Waals surface area contributed by atoms with Crippen molar-refractivity contribution in [2.75, 3.05) is 6.54 Å². The van der Waals surface area contributed by atoms with Crippen molar-refractivity contribution in [1.82, 2.24) is 5.32 Å². The van der Waals surface area contributed by atoms with E-state index in [2.05, 4.69) is 12.2 Å². The lowest BCUT2D eigenvalue weighted by molar-refractivity contribution is 0.178. The SMILES string of the molecule is CC1(CNC2CC(c3ccc(F)cc3)C2)CCCCC1. The molecule has 2 heteroatoms. The van der Waals surface area contributed by atoms with Gasteiger partial charge < -0.3 is 5.32 Å². The van der Waals surface area contributed by atoms with Gasteiger partial charge in [-0.25, -0.2) is 4.39 Å². The van der Waals surface area contributed by atoms with Gasteiger partial charge >= 0.3 is 0 Å². The highest BCUT2D eigenvalue weighted by molar-refractivity contribution is 5.23. The van der Waals surface area contributed by atoms with Gasteiger partial charge in [0, 0.05) is 12.6 Å². The van der Waals surface area contributed by atoms with Crippen LogP contribution < -0.4 is 5.32 Å². The van der Waals surface area contributed by atoms with Crippen LogP contribution in [0, 0.1) is 11.2 Å². The number of hydrogen-bond acceptors (Lipinski definition) is 1. The number of benzene rings is 1. The van der Waals surface area contributed by atoms with Crippen LogP contribution in [0.5, 0.6) is 0 Å². The van der Waals surface area contributed by atoms with Gasteiger partial charge in [-0.1, -0.05) is 38.3 Å². The van der Waals surface area contributed by atoms with E-state index in [1.807, 2.05) is 12.1 Å². The molecule has 0 atom stereocenters. The van der Waals surface area contributed by atoms with E-state index >= 15 is 0 Å². The summed E-state index contributed by atoms with van der Waals surface area (Å²) in [5.74, 6) is 0.500.